The summed E-state index contributed by atoms with van der Waals surface area (Å²) in [5.74, 6) is 0.0945. The van der Waals surface area contributed by atoms with Gasteiger partial charge < -0.3 is 9.67 Å². The number of carbonyl (C=O) groups is 1. The van der Waals surface area contributed by atoms with E-state index in [1.807, 2.05) is 4.57 Å². The SMILES string of the molecule is CCCn1c(SCC(=O)O)nnc1C(C)(C)C. The van der Waals surface area contributed by atoms with Gasteiger partial charge in [-0.2, -0.15) is 0 Å². The molecule has 0 bridgehead atoms. The Morgan fingerprint density at radius 1 is 1.41 bits per heavy atom. The van der Waals surface area contributed by atoms with Gasteiger partial charge in [0.15, 0.2) is 5.16 Å². The Labute approximate surface area is 106 Å². The van der Waals surface area contributed by atoms with Gasteiger partial charge in [0.05, 0.1) is 5.75 Å². The van der Waals surface area contributed by atoms with E-state index >= 15 is 0 Å². The summed E-state index contributed by atoms with van der Waals surface area (Å²) in [7, 11) is 0. The van der Waals surface area contributed by atoms with Crippen LogP contribution in [0.25, 0.3) is 0 Å². The highest BCUT2D eigenvalue weighted by Gasteiger charge is 2.23. The van der Waals surface area contributed by atoms with Gasteiger partial charge in [0.25, 0.3) is 0 Å². The van der Waals surface area contributed by atoms with Gasteiger partial charge in [-0.15, -0.1) is 10.2 Å². The van der Waals surface area contributed by atoms with Crippen LogP contribution in [0.5, 0.6) is 0 Å². The lowest BCUT2D eigenvalue weighted by Gasteiger charge is -2.19. The smallest absolute Gasteiger partial charge is 0.313 e. The summed E-state index contributed by atoms with van der Waals surface area (Å²) in [6, 6.07) is 0. The Kier molecular flexibility index (Phi) is 4.56. The molecule has 1 aromatic heterocycles. The molecule has 0 amide bonds. The van der Waals surface area contributed by atoms with Crippen molar-refractivity contribution in [3.8, 4) is 0 Å². The molecule has 0 saturated carbocycles. The normalized spacial score (nSPS) is 11.8. The molecule has 1 heterocycles. The molecule has 0 atom stereocenters. The minimum absolute atomic E-state index is 0.0198. The maximum Gasteiger partial charge on any atom is 0.313 e. The first-order valence-corrected chi connectivity index (χ1v) is 6.63. The highest BCUT2D eigenvalue weighted by atomic mass is 32.2. The summed E-state index contributed by atoms with van der Waals surface area (Å²) in [6.07, 6.45) is 0.974. The van der Waals surface area contributed by atoms with Crippen molar-refractivity contribution in [2.45, 2.75) is 51.2 Å². The first kappa shape index (κ1) is 14.0. The van der Waals surface area contributed by atoms with Gasteiger partial charge in [-0.3, -0.25) is 4.79 Å². The van der Waals surface area contributed by atoms with E-state index < -0.39 is 5.97 Å². The van der Waals surface area contributed by atoms with Crippen molar-refractivity contribution < 1.29 is 9.90 Å². The summed E-state index contributed by atoms with van der Waals surface area (Å²) in [6.45, 7) is 9.14. The first-order chi connectivity index (χ1) is 7.86. The van der Waals surface area contributed by atoms with E-state index in [9.17, 15) is 4.79 Å². The van der Waals surface area contributed by atoms with Crippen molar-refractivity contribution in [2.75, 3.05) is 5.75 Å². The lowest BCUT2D eigenvalue weighted by Crippen LogP contribution is -2.19. The zero-order chi connectivity index (χ0) is 13.1. The van der Waals surface area contributed by atoms with Crippen LogP contribution in [0.2, 0.25) is 0 Å². The highest BCUT2D eigenvalue weighted by Crippen LogP contribution is 2.25. The number of nitrogens with zero attached hydrogens (tertiary/aromatic N) is 3. The van der Waals surface area contributed by atoms with E-state index in [0.29, 0.717) is 5.16 Å². The molecule has 96 valence electrons. The van der Waals surface area contributed by atoms with Gasteiger partial charge in [-0.05, 0) is 6.42 Å². The first-order valence-electron chi connectivity index (χ1n) is 5.64. The van der Waals surface area contributed by atoms with Crippen molar-refractivity contribution in [1.82, 2.24) is 14.8 Å². The molecular formula is C11H19N3O2S. The summed E-state index contributed by atoms with van der Waals surface area (Å²) in [4.78, 5) is 10.6. The second-order valence-electron chi connectivity index (χ2n) is 4.89. The Balaban J connectivity index is 2.98. The van der Waals surface area contributed by atoms with E-state index in [1.54, 1.807) is 0 Å². The number of aromatic nitrogens is 3. The van der Waals surface area contributed by atoms with Crippen LogP contribution in [-0.2, 0) is 16.8 Å². The number of thioether (sulfide) groups is 1. The predicted octanol–water partition coefficient (Wildman–Crippen LogP) is 2.16. The third-order valence-electron chi connectivity index (χ3n) is 2.16. The number of carboxylic acid groups (broad SMARTS) is 1. The molecule has 1 aromatic rings. The molecule has 0 aliphatic heterocycles. The van der Waals surface area contributed by atoms with E-state index in [4.69, 9.17) is 5.11 Å². The minimum atomic E-state index is -0.835. The Morgan fingerprint density at radius 2 is 2.06 bits per heavy atom. The fourth-order valence-corrected chi connectivity index (χ4v) is 2.19. The molecule has 0 aromatic carbocycles. The number of hydrogen-bond acceptors (Lipinski definition) is 4. The zero-order valence-corrected chi connectivity index (χ0v) is 11.5. The number of hydrogen-bond donors (Lipinski definition) is 1. The van der Waals surface area contributed by atoms with Crippen molar-refractivity contribution in [3.63, 3.8) is 0 Å². The van der Waals surface area contributed by atoms with Gasteiger partial charge in [-0.1, -0.05) is 39.5 Å². The quantitative estimate of drug-likeness (QED) is 0.819. The van der Waals surface area contributed by atoms with Crippen molar-refractivity contribution in [3.05, 3.63) is 5.82 Å². The molecule has 17 heavy (non-hydrogen) atoms. The van der Waals surface area contributed by atoms with Crippen LogP contribution in [0.4, 0.5) is 0 Å². The third-order valence-corrected chi connectivity index (χ3v) is 3.11. The van der Waals surface area contributed by atoms with E-state index in [1.165, 1.54) is 11.8 Å². The topological polar surface area (TPSA) is 68.0 Å². The van der Waals surface area contributed by atoms with E-state index in [-0.39, 0.29) is 11.2 Å². The van der Waals surface area contributed by atoms with E-state index in [0.717, 1.165) is 18.8 Å². The van der Waals surface area contributed by atoms with Gasteiger partial charge in [0, 0.05) is 12.0 Å². The Hall–Kier alpha value is -1.04. The lowest BCUT2D eigenvalue weighted by molar-refractivity contribution is -0.133. The summed E-state index contributed by atoms with van der Waals surface area (Å²) >= 11 is 1.22. The maximum atomic E-state index is 10.6. The average Bonchev–Trinajstić information content (AvgIpc) is 2.58. The van der Waals surface area contributed by atoms with Crippen LogP contribution < -0.4 is 0 Å². The molecule has 0 aliphatic rings. The fourth-order valence-electron chi connectivity index (χ4n) is 1.50. The average molecular weight is 257 g/mol. The molecule has 0 saturated heterocycles. The van der Waals surface area contributed by atoms with Crippen molar-refractivity contribution in [2.24, 2.45) is 0 Å². The number of carboxylic acids is 1. The van der Waals surface area contributed by atoms with E-state index in [2.05, 4.69) is 37.9 Å². The molecule has 0 fully saturated rings. The zero-order valence-electron chi connectivity index (χ0n) is 10.7. The van der Waals surface area contributed by atoms with Crippen LogP contribution in [0.15, 0.2) is 5.16 Å². The monoisotopic (exact) mass is 257 g/mol. The Morgan fingerprint density at radius 3 is 2.53 bits per heavy atom. The van der Waals surface area contributed by atoms with Crippen LogP contribution in [0.3, 0.4) is 0 Å². The van der Waals surface area contributed by atoms with Crippen LogP contribution in [0, 0.1) is 0 Å². The second-order valence-corrected chi connectivity index (χ2v) is 5.83. The molecular weight excluding hydrogens is 238 g/mol. The maximum absolute atomic E-state index is 10.6. The van der Waals surface area contributed by atoms with Gasteiger partial charge in [0.2, 0.25) is 0 Å². The van der Waals surface area contributed by atoms with Crippen LogP contribution in [0.1, 0.15) is 39.9 Å². The molecule has 0 spiro atoms. The molecule has 0 aliphatic carbocycles. The molecule has 1 N–H and O–H groups in total. The summed E-state index contributed by atoms with van der Waals surface area (Å²) < 4.78 is 2.02. The minimum Gasteiger partial charge on any atom is -0.481 e. The third kappa shape index (κ3) is 3.73. The number of aliphatic carboxylic acids is 1. The predicted molar refractivity (Wildman–Crippen MR) is 67.4 cm³/mol. The largest absolute Gasteiger partial charge is 0.481 e. The molecule has 0 unspecified atom stereocenters. The van der Waals surface area contributed by atoms with Crippen molar-refractivity contribution >= 4 is 17.7 Å². The number of rotatable bonds is 5. The van der Waals surface area contributed by atoms with Crippen molar-refractivity contribution in [1.29, 1.82) is 0 Å². The Bertz CT molecular complexity index is 396. The summed E-state index contributed by atoms with van der Waals surface area (Å²) in [5, 5.41) is 17.6. The second kappa shape index (κ2) is 5.53. The van der Waals surface area contributed by atoms with Gasteiger partial charge >= 0.3 is 5.97 Å². The fraction of sp³-hybridized carbons (Fsp3) is 0.727. The highest BCUT2D eigenvalue weighted by molar-refractivity contribution is 7.99. The molecule has 1 rings (SSSR count). The van der Waals surface area contributed by atoms with Crippen LogP contribution in [-0.4, -0.2) is 31.6 Å². The standard InChI is InChI=1S/C11H19N3O2S/c1-5-6-14-9(11(2,3)4)12-13-10(14)17-7-8(15)16/h5-7H2,1-4H3,(H,15,16). The molecule has 0 radical (unpaired) electrons. The lowest BCUT2D eigenvalue weighted by atomic mass is 9.96. The summed E-state index contributed by atoms with van der Waals surface area (Å²) in [5.41, 5.74) is -0.0792. The molecule has 5 nitrogen and oxygen atoms in total. The van der Waals surface area contributed by atoms with Gasteiger partial charge in [0.1, 0.15) is 5.82 Å². The van der Waals surface area contributed by atoms with Crippen LogP contribution >= 0.6 is 11.8 Å². The van der Waals surface area contributed by atoms with Gasteiger partial charge in [-0.25, -0.2) is 0 Å². The molecule has 6 heteroatoms.